The molecule has 3 nitrogen and oxygen atoms in total. The standard InChI is InChI=1S/C12H18N2OS/c15-12(9-13-11-5-8-16-10-11)14-6-3-1-2-4-7-14/h5,8,10,13H,1-4,6-7,9H2. The number of hydrogen-bond acceptors (Lipinski definition) is 3. The molecule has 0 bridgehead atoms. The molecular weight excluding hydrogens is 220 g/mol. The zero-order valence-electron chi connectivity index (χ0n) is 9.45. The van der Waals surface area contributed by atoms with Crippen molar-refractivity contribution in [3.63, 3.8) is 0 Å². The summed E-state index contributed by atoms with van der Waals surface area (Å²) < 4.78 is 0. The van der Waals surface area contributed by atoms with E-state index >= 15 is 0 Å². The summed E-state index contributed by atoms with van der Waals surface area (Å²) in [4.78, 5) is 13.9. The molecule has 1 N–H and O–H groups in total. The van der Waals surface area contributed by atoms with Crippen molar-refractivity contribution < 1.29 is 4.79 Å². The van der Waals surface area contributed by atoms with Crippen molar-refractivity contribution >= 4 is 22.9 Å². The molecule has 2 heterocycles. The predicted molar refractivity (Wildman–Crippen MR) is 67.9 cm³/mol. The highest BCUT2D eigenvalue weighted by molar-refractivity contribution is 7.08. The summed E-state index contributed by atoms with van der Waals surface area (Å²) in [6.45, 7) is 2.30. The molecule has 0 atom stereocenters. The van der Waals surface area contributed by atoms with Crippen LogP contribution in [0.25, 0.3) is 0 Å². The van der Waals surface area contributed by atoms with Gasteiger partial charge in [0, 0.05) is 24.2 Å². The fraction of sp³-hybridized carbons (Fsp3) is 0.583. The van der Waals surface area contributed by atoms with Crippen LogP contribution in [0.4, 0.5) is 5.69 Å². The van der Waals surface area contributed by atoms with Crippen LogP contribution in [-0.4, -0.2) is 30.4 Å². The van der Waals surface area contributed by atoms with Gasteiger partial charge < -0.3 is 10.2 Å². The first-order chi connectivity index (χ1) is 7.86. The summed E-state index contributed by atoms with van der Waals surface area (Å²) in [5.74, 6) is 0.230. The van der Waals surface area contributed by atoms with Gasteiger partial charge in [-0.3, -0.25) is 4.79 Å². The zero-order chi connectivity index (χ0) is 11.2. The lowest BCUT2D eigenvalue weighted by Crippen LogP contribution is -2.36. The third kappa shape index (κ3) is 3.23. The Morgan fingerprint density at radius 3 is 2.69 bits per heavy atom. The van der Waals surface area contributed by atoms with Gasteiger partial charge in [0.1, 0.15) is 0 Å². The SMILES string of the molecule is O=C(CNc1ccsc1)N1CCCCCC1. The van der Waals surface area contributed by atoms with Gasteiger partial charge >= 0.3 is 0 Å². The maximum atomic E-state index is 11.9. The second-order valence-corrected chi connectivity index (χ2v) is 4.94. The molecule has 0 aromatic carbocycles. The van der Waals surface area contributed by atoms with Crippen LogP contribution in [0.15, 0.2) is 16.8 Å². The van der Waals surface area contributed by atoms with Crippen molar-refractivity contribution in [2.75, 3.05) is 25.0 Å². The molecule has 0 saturated carbocycles. The maximum Gasteiger partial charge on any atom is 0.241 e. The van der Waals surface area contributed by atoms with Gasteiger partial charge in [0.05, 0.1) is 6.54 Å². The van der Waals surface area contributed by atoms with Gasteiger partial charge in [-0.2, -0.15) is 11.3 Å². The first-order valence-corrected chi connectivity index (χ1v) is 6.84. The molecule has 1 aliphatic heterocycles. The van der Waals surface area contributed by atoms with Crippen LogP contribution in [0, 0.1) is 0 Å². The summed E-state index contributed by atoms with van der Waals surface area (Å²) in [6.07, 6.45) is 4.85. The van der Waals surface area contributed by atoms with E-state index in [-0.39, 0.29) is 5.91 Å². The van der Waals surface area contributed by atoms with Crippen LogP contribution in [0.5, 0.6) is 0 Å². The third-order valence-corrected chi connectivity index (χ3v) is 3.61. The average Bonchev–Trinajstić information content (AvgIpc) is 2.66. The van der Waals surface area contributed by atoms with Crippen molar-refractivity contribution in [1.82, 2.24) is 4.90 Å². The van der Waals surface area contributed by atoms with Gasteiger partial charge in [0.15, 0.2) is 0 Å². The molecule has 1 fully saturated rings. The Labute approximate surface area is 100 Å². The second kappa shape index (κ2) is 5.89. The van der Waals surface area contributed by atoms with Crippen molar-refractivity contribution in [1.29, 1.82) is 0 Å². The van der Waals surface area contributed by atoms with Gasteiger partial charge in [-0.05, 0) is 24.3 Å². The largest absolute Gasteiger partial charge is 0.375 e. The number of hydrogen-bond donors (Lipinski definition) is 1. The Balaban J connectivity index is 1.78. The lowest BCUT2D eigenvalue weighted by molar-refractivity contribution is -0.129. The van der Waals surface area contributed by atoms with Crippen LogP contribution in [0.3, 0.4) is 0 Å². The van der Waals surface area contributed by atoms with E-state index in [0.29, 0.717) is 6.54 Å². The predicted octanol–water partition coefficient (Wildman–Crippen LogP) is 2.56. The molecule has 16 heavy (non-hydrogen) atoms. The lowest BCUT2D eigenvalue weighted by Gasteiger charge is -2.20. The summed E-state index contributed by atoms with van der Waals surface area (Å²) >= 11 is 1.64. The van der Waals surface area contributed by atoms with Crippen molar-refractivity contribution in [3.05, 3.63) is 16.8 Å². The zero-order valence-corrected chi connectivity index (χ0v) is 10.3. The van der Waals surface area contributed by atoms with E-state index in [9.17, 15) is 4.79 Å². The summed E-state index contributed by atoms with van der Waals surface area (Å²) in [7, 11) is 0. The van der Waals surface area contributed by atoms with E-state index < -0.39 is 0 Å². The monoisotopic (exact) mass is 238 g/mol. The van der Waals surface area contributed by atoms with Crippen molar-refractivity contribution in [2.24, 2.45) is 0 Å². The van der Waals surface area contributed by atoms with E-state index in [2.05, 4.69) is 5.32 Å². The molecule has 4 heteroatoms. The summed E-state index contributed by atoms with van der Waals surface area (Å²) in [5, 5.41) is 7.20. The number of likely N-dealkylation sites (tertiary alicyclic amines) is 1. The minimum absolute atomic E-state index is 0.230. The van der Waals surface area contributed by atoms with E-state index in [1.165, 1.54) is 12.8 Å². The Bertz CT molecular complexity index is 316. The molecule has 1 amide bonds. The first-order valence-electron chi connectivity index (χ1n) is 5.90. The lowest BCUT2D eigenvalue weighted by atomic mass is 10.2. The van der Waals surface area contributed by atoms with E-state index in [0.717, 1.165) is 31.6 Å². The van der Waals surface area contributed by atoms with Crippen LogP contribution in [0.1, 0.15) is 25.7 Å². The van der Waals surface area contributed by atoms with Crippen LogP contribution in [0.2, 0.25) is 0 Å². The molecule has 88 valence electrons. The van der Waals surface area contributed by atoms with E-state index in [1.54, 1.807) is 11.3 Å². The number of nitrogens with one attached hydrogen (secondary N) is 1. The Kier molecular flexibility index (Phi) is 4.22. The molecule has 1 saturated heterocycles. The third-order valence-electron chi connectivity index (χ3n) is 2.92. The molecule has 2 rings (SSSR count). The molecule has 1 aromatic rings. The second-order valence-electron chi connectivity index (χ2n) is 4.16. The number of amides is 1. The average molecular weight is 238 g/mol. The van der Waals surface area contributed by atoms with Gasteiger partial charge in [0.2, 0.25) is 5.91 Å². The smallest absolute Gasteiger partial charge is 0.241 e. The normalized spacial score (nSPS) is 16.9. The molecule has 0 spiro atoms. The Morgan fingerprint density at radius 2 is 2.06 bits per heavy atom. The quantitative estimate of drug-likeness (QED) is 0.877. The molecule has 0 radical (unpaired) electrons. The van der Waals surface area contributed by atoms with Gasteiger partial charge in [0.25, 0.3) is 0 Å². The number of rotatable bonds is 3. The van der Waals surface area contributed by atoms with Crippen LogP contribution < -0.4 is 5.32 Å². The van der Waals surface area contributed by atoms with Crippen LogP contribution >= 0.6 is 11.3 Å². The highest BCUT2D eigenvalue weighted by Crippen LogP contribution is 2.12. The molecule has 1 aliphatic rings. The van der Waals surface area contributed by atoms with Crippen molar-refractivity contribution in [3.8, 4) is 0 Å². The van der Waals surface area contributed by atoms with Gasteiger partial charge in [-0.1, -0.05) is 12.8 Å². The highest BCUT2D eigenvalue weighted by atomic mass is 32.1. The fourth-order valence-corrected chi connectivity index (χ4v) is 2.59. The summed E-state index contributed by atoms with van der Waals surface area (Å²) in [5.41, 5.74) is 1.05. The number of anilines is 1. The topological polar surface area (TPSA) is 32.3 Å². The maximum absolute atomic E-state index is 11.9. The van der Waals surface area contributed by atoms with Crippen molar-refractivity contribution in [2.45, 2.75) is 25.7 Å². The van der Waals surface area contributed by atoms with Crippen LogP contribution in [-0.2, 0) is 4.79 Å². The number of nitrogens with zero attached hydrogens (tertiary/aromatic N) is 1. The first kappa shape index (κ1) is 11.5. The van der Waals surface area contributed by atoms with Gasteiger partial charge in [-0.25, -0.2) is 0 Å². The van der Waals surface area contributed by atoms with Gasteiger partial charge in [-0.15, -0.1) is 0 Å². The van der Waals surface area contributed by atoms with E-state index in [4.69, 9.17) is 0 Å². The minimum atomic E-state index is 0.230. The number of thiophene rings is 1. The summed E-state index contributed by atoms with van der Waals surface area (Å²) in [6, 6.07) is 2.00. The molecule has 1 aromatic heterocycles. The minimum Gasteiger partial charge on any atom is -0.375 e. The van der Waals surface area contributed by atoms with E-state index in [1.807, 2.05) is 21.7 Å². The fourth-order valence-electron chi connectivity index (χ4n) is 1.97. The Hall–Kier alpha value is -1.03. The number of carbonyl (C=O) groups excluding carboxylic acids is 1. The molecule has 0 unspecified atom stereocenters. The Morgan fingerprint density at radius 1 is 1.31 bits per heavy atom. The molecular formula is C12H18N2OS. The number of carbonyl (C=O) groups is 1. The highest BCUT2D eigenvalue weighted by Gasteiger charge is 2.14. The molecule has 0 aliphatic carbocycles.